The summed E-state index contributed by atoms with van der Waals surface area (Å²) in [7, 11) is 1.68. The lowest BCUT2D eigenvalue weighted by molar-refractivity contribution is -0.123. The molecule has 5 rings (SSSR count). The van der Waals surface area contributed by atoms with Crippen LogP contribution in [0.25, 0.3) is 10.8 Å². The van der Waals surface area contributed by atoms with Crippen molar-refractivity contribution in [3.05, 3.63) is 131 Å². The maximum absolute atomic E-state index is 13.7. The molecule has 9 nitrogen and oxygen atoms in total. The first-order valence-corrected chi connectivity index (χ1v) is 16.2. The van der Waals surface area contributed by atoms with E-state index in [0.29, 0.717) is 38.0 Å². The third kappa shape index (κ3) is 9.51. The van der Waals surface area contributed by atoms with E-state index in [2.05, 4.69) is 55.5 Å². The number of benzene rings is 4. The van der Waals surface area contributed by atoms with Gasteiger partial charge in [-0.05, 0) is 84.9 Å². The normalized spacial score (nSPS) is 12.4. The molecule has 5 N–H and O–H groups in total. The van der Waals surface area contributed by atoms with Gasteiger partial charge in [0.1, 0.15) is 17.6 Å². The summed E-state index contributed by atoms with van der Waals surface area (Å²) in [5, 5.41) is 15.2. The second-order valence-electron chi connectivity index (χ2n) is 11.6. The summed E-state index contributed by atoms with van der Waals surface area (Å²) in [6.45, 7) is 4.75. The van der Waals surface area contributed by atoms with E-state index in [1.165, 1.54) is 0 Å². The number of amides is 2. The highest BCUT2D eigenvalue weighted by atomic mass is 16.5. The SMILES string of the molecule is COc1ccccc1CCNCCC[C@H](NC(=O)c1ccc(CNCc2ncc[nH]2)cc1)C(=O)NC(C)c1cccc2ccccc12. The first kappa shape index (κ1) is 33.4. The molecule has 0 saturated heterocycles. The Morgan fingerprint density at radius 1 is 0.851 bits per heavy atom. The van der Waals surface area contributed by atoms with Crippen LogP contribution in [0.15, 0.2) is 103 Å². The Labute approximate surface area is 276 Å². The molecule has 4 aromatic carbocycles. The number of rotatable bonds is 17. The smallest absolute Gasteiger partial charge is 0.251 e. The number of para-hydroxylation sites is 1. The Bertz CT molecular complexity index is 1720. The highest BCUT2D eigenvalue weighted by Gasteiger charge is 2.23. The molecule has 0 aliphatic rings. The van der Waals surface area contributed by atoms with Crippen molar-refractivity contribution in [2.75, 3.05) is 20.2 Å². The lowest BCUT2D eigenvalue weighted by atomic mass is 9.99. The molecule has 5 aromatic rings. The number of ether oxygens (including phenoxy) is 1. The minimum absolute atomic E-state index is 0.202. The highest BCUT2D eigenvalue weighted by molar-refractivity contribution is 5.97. The summed E-state index contributed by atoms with van der Waals surface area (Å²) in [5.74, 6) is 1.27. The van der Waals surface area contributed by atoms with Crippen molar-refractivity contribution in [2.24, 2.45) is 0 Å². The van der Waals surface area contributed by atoms with Crippen LogP contribution in [0.4, 0.5) is 0 Å². The molecule has 1 unspecified atom stereocenters. The van der Waals surface area contributed by atoms with Crippen molar-refractivity contribution in [3.8, 4) is 5.75 Å². The first-order valence-electron chi connectivity index (χ1n) is 16.2. The van der Waals surface area contributed by atoms with E-state index in [1.54, 1.807) is 31.6 Å². The van der Waals surface area contributed by atoms with E-state index in [0.717, 1.165) is 52.0 Å². The van der Waals surface area contributed by atoms with Crippen molar-refractivity contribution in [2.45, 2.75) is 51.4 Å². The number of carbonyl (C=O) groups excluding carboxylic acids is 2. The van der Waals surface area contributed by atoms with Crippen LogP contribution >= 0.6 is 0 Å². The molecule has 2 amide bonds. The van der Waals surface area contributed by atoms with Crippen LogP contribution < -0.4 is 26.0 Å². The number of nitrogens with one attached hydrogen (secondary N) is 5. The Hall–Kier alpha value is -4.99. The van der Waals surface area contributed by atoms with Crippen LogP contribution in [0.2, 0.25) is 0 Å². The molecular formula is C38H44N6O3. The Morgan fingerprint density at radius 2 is 1.64 bits per heavy atom. The van der Waals surface area contributed by atoms with Crippen molar-refractivity contribution in [3.63, 3.8) is 0 Å². The molecule has 244 valence electrons. The van der Waals surface area contributed by atoms with Crippen LogP contribution in [0.3, 0.4) is 0 Å². The van der Waals surface area contributed by atoms with Gasteiger partial charge in [-0.15, -0.1) is 0 Å². The number of hydrogen-bond acceptors (Lipinski definition) is 6. The number of imidazole rings is 1. The van der Waals surface area contributed by atoms with Gasteiger partial charge in [-0.1, -0.05) is 72.8 Å². The van der Waals surface area contributed by atoms with Gasteiger partial charge in [-0.3, -0.25) is 9.59 Å². The van der Waals surface area contributed by atoms with Gasteiger partial charge in [0.15, 0.2) is 0 Å². The van der Waals surface area contributed by atoms with E-state index >= 15 is 0 Å². The van der Waals surface area contributed by atoms with Gasteiger partial charge in [0.2, 0.25) is 5.91 Å². The molecule has 47 heavy (non-hydrogen) atoms. The van der Waals surface area contributed by atoms with Crippen molar-refractivity contribution < 1.29 is 14.3 Å². The van der Waals surface area contributed by atoms with Crippen LogP contribution in [0.5, 0.6) is 5.75 Å². The average Bonchev–Trinajstić information content (AvgIpc) is 3.63. The summed E-state index contributed by atoms with van der Waals surface area (Å²) in [5.41, 5.74) is 3.74. The van der Waals surface area contributed by atoms with E-state index < -0.39 is 6.04 Å². The van der Waals surface area contributed by atoms with Gasteiger partial charge in [0.25, 0.3) is 5.91 Å². The van der Waals surface area contributed by atoms with Gasteiger partial charge in [-0.2, -0.15) is 0 Å². The zero-order valence-corrected chi connectivity index (χ0v) is 27.1. The molecule has 1 heterocycles. The largest absolute Gasteiger partial charge is 0.496 e. The predicted molar refractivity (Wildman–Crippen MR) is 186 cm³/mol. The topological polar surface area (TPSA) is 120 Å². The van der Waals surface area contributed by atoms with Gasteiger partial charge in [-0.25, -0.2) is 4.98 Å². The Kier molecular flexibility index (Phi) is 12.1. The third-order valence-electron chi connectivity index (χ3n) is 8.27. The number of aromatic nitrogens is 2. The number of fused-ring (bicyclic) bond motifs is 1. The van der Waals surface area contributed by atoms with Gasteiger partial charge in [0, 0.05) is 24.5 Å². The molecule has 2 atom stereocenters. The molecule has 0 saturated carbocycles. The molecule has 0 bridgehead atoms. The second kappa shape index (κ2) is 17.1. The number of methoxy groups -OCH3 is 1. The van der Waals surface area contributed by atoms with Crippen LogP contribution in [-0.4, -0.2) is 48.0 Å². The third-order valence-corrected chi connectivity index (χ3v) is 8.27. The number of carbonyl (C=O) groups is 2. The summed E-state index contributed by atoms with van der Waals surface area (Å²) in [6.07, 6.45) is 5.57. The second-order valence-corrected chi connectivity index (χ2v) is 11.6. The summed E-state index contributed by atoms with van der Waals surface area (Å²) < 4.78 is 5.46. The van der Waals surface area contributed by atoms with E-state index in [9.17, 15) is 9.59 Å². The first-order chi connectivity index (χ1) is 23.0. The number of hydrogen-bond donors (Lipinski definition) is 5. The lowest BCUT2D eigenvalue weighted by Crippen LogP contribution is -2.47. The molecule has 1 aromatic heterocycles. The fourth-order valence-corrected chi connectivity index (χ4v) is 5.71. The lowest BCUT2D eigenvalue weighted by Gasteiger charge is -2.23. The minimum Gasteiger partial charge on any atom is -0.496 e. The molecular weight excluding hydrogens is 588 g/mol. The summed E-state index contributed by atoms with van der Waals surface area (Å²) in [4.78, 5) is 34.4. The summed E-state index contributed by atoms with van der Waals surface area (Å²) >= 11 is 0. The van der Waals surface area contributed by atoms with Crippen molar-refractivity contribution in [1.29, 1.82) is 0 Å². The fourth-order valence-electron chi connectivity index (χ4n) is 5.71. The molecule has 0 aliphatic carbocycles. The van der Waals surface area contributed by atoms with Gasteiger partial charge < -0.3 is 31.0 Å². The standard InChI is InChI=1S/C38H44N6O3/c1-27(32-13-7-11-29-9-3-5-12-33(29)32)43-38(46)34(14-8-21-39-22-20-30-10-4-6-15-35(30)47-2)44-37(45)31-18-16-28(17-19-31)25-40-26-36-41-23-24-42-36/h3-7,9-13,15-19,23-24,27,34,39-40H,8,14,20-22,25-26H2,1-2H3,(H,41,42)(H,43,46)(H,44,45)/t27?,34-/m0/s1. The van der Waals surface area contributed by atoms with Gasteiger partial charge >= 0.3 is 0 Å². The average molecular weight is 633 g/mol. The Morgan fingerprint density at radius 3 is 2.45 bits per heavy atom. The molecule has 9 heteroatoms. The van der Waals surface area contributed by atoms with Crippen molar-refractivity contribution in [1.82, 2.24) is 31.2 Å². The van der Waals surface area contributed by atoms with Crippen LogP contribution in [-0.2, 0) is 24.3 Å². The highest BCUT2D eigenvalue weighted by Crippen LogP contribution is 2.24. The van der Waals surface area contributed by atoms with E-state index in [1.807, 2.05) is 61.5 Å². The van der Waals surface area contributed by atoms with E-state index in [-0.39, 0.29) is 17.9 Å². The van der Waals surface area contributed by atoms with Crippen LogP contribution in [0.1, 0.15) is 58.7 Å². The zero-order valence-electron chi connectivity index (χ0n) is 27.1. The number of H-pyrrole nitrogens is 1. The maximum Gasteiger partial charge on any atom is 0.251 e. The predicted octanol–water partition coefficient (Wildman–Crippen LogP) is 5.45. The number of nitrogens with zero attached hydrogens (tertiary/aromatic N) is 1. The fraction of sp³-hybridized carbons (Fsp3) is 0.289. The monoisotopic (exact) mass is 632 g/mol. The Balaban J connectivity index is 1.19. The molecule has 0 fully saturated rings. The zero-order chi connectivity index (χ0) is 32.8. The molecule has 0 aliphatic heterocycles. The molecule has 0 radical (unpaired) electrons. The van der Waals surface area contributed by atoms with E-state index in [4.69, 9.17) is 4.74 Å². The minimum atomic E-state index is -0.689. The molecule has 0 spiro atoms. The number of aromatic amines is 1. The summed E-state index contributed by atoms with van der Waals surface area (Å²) in [6, 6.07) is 28.8. The quantitative estimate of drug-likeness (QED) is 0.0870. The van der Waals surface area contributed by atoms with Crippen molar-refractivity contribution >= 4 is 22.6 Å². The van der Waals surface area contributed by atoms with Crippen LogP contribution in [0, 0.1) is 0 Å². The maximum atomic E-state index is 13.7. The van der Waals surface area contributed by atoms with Gasteiger partial charge in [0.05, 0.1) is 19.7 Å².